The number of hydrogen-bond donors (Lipinski definition) is 1. The molecule has 0 aliphatic heterocycles. The third kappa shape index (κ3) is 2.88. The maximum absolute atomic E-state index is 5.86. The van der Waals surface area contributed by atoms with Crippen LogP contribution >= 0.6 is 39.1 Å². The van der Waals surface area contributed by atoms with Gasteiger partial charge in [-0.2, -0.15) is 0 Å². The molecule has 82 valence electrons. The Labute approximate surface area is 112 Å². The van der Waals surface area contributed by atoms with Gasteiger partial charge in [0, 0.05) is 21.4 Å². The van der Waals surface area contributed by atoms with Gasteiger partial charge in [0.2, 0.25) is 0 Å². The van der Waals surface area contributed by atoms with Gasteiger partial charge in [-0.3, -0.25) is 0 Å². The Hall–Kier alpha value is -0.770. The molecular weight excluding hydrogens is 311 g/mol. The number of halogens is 3. The Balaban J connectivity index is 2.27. The third-order valence-electron chi connectivity index (χ3n) is 1.94. The van der Waals surface area contributed by atoms with Crippen LogP contribution in [-0.4, -0.2) is 4.98 Å². The van der Waals surface area contributed by atoms with Crippen molar-refractivity contribution in [3.8, 4) is 0 Å². The smallest absolute Gasteiger partial charge is 0.131 e. The first kappa shape index (κ1) is 11.7. The summed E-state index contributed by atoms with van der Waals surface area (Å²) in [5, 5.41) is 4.35. The Morgan fingerprint density at radius 1 is 1.12 bits per heavy atom. The lowest BCUT2D eigenvalue weighted by Gasteiger charge is -2.08. The molecule has 0 saturated heterocycles. The quantitative estimate of drug-likeness (QED) is 0.797. The molecule has 0 aliphatic rings. The predicted octanol–water partition coefficient (Wildman–Crippen LogP) is 4.89. The second kappa shape index (κ2) is 5.04. The van der Waals surface area contributed by atoms with Crippen molar-refractivity contribution in [3.05, 3.63) is 51.2 Å². The first-order valence-electron chi connectivity index (χ1n) is 4.49. The van der Waals surface area contributed by atoms with Crippen LogP contribution in [0.4, 0.5) is 11.4 Å². The molecule has 0 atom stereocenters. The van der Waals surface area contributed by atoms with Crippen LogP contribution in [0.3, 0.4) is 0 Å². The summed E-state index contributed by atoms with van der Waals surface area (Å²) in [5.74, 6) is 0. The molecule has 1 N–H and O–H groups in total. The number of benzene rings is 1. The Morgan fingerprint density at radius 3 is 2.62 bits per heavy atom. The second-order valence-electron chi connectivity index (χ2n) is 3.12. The minimum absolute atomic E-state index is 0.454. The molecule has 0 bridgehead atoms. The lowest BCUT2D eigenvalue weighted by Crippen LogP contribution is -1.91. The van der Waals surface area contributed by atoms with Crippen molar-refractivity contribution in [2.24, 2.45) is 0 Å². The van der Waals surface area contributed by atoms with Gasteiger partial charge in [0.25, 0.3) is 0 Å². The fourth-order valence-electron chi connectivity index (χ4n) is 1.23. The van der Waals surface area contributed by atoms with E-state index in [1.54, 1.807) is 12.3 Å². The molecule has 0 aliphatic carbocycles. The van der Waals surface area contributed by atoms with Gasteiger partial charge in [0.05, 0.1) is 5.69 Å². The molecule has 1 aromatic carbocycles. The molecule has 0 saturated carbocycles. The van der Waals surface area contributed by atoms with Crippen molar-refractivity contribution in [1.29, 1.82) is 0 Å². The van der Waals surface area contributed by atoms with E-state index >= 15 is 0 Å². The SMILES string of the molecule is Clc1ccc(Nc2ccnc(Cl)c2)c(Br)c1. The van der Waals surface area contributed by atoms with Gasteiger partial charge in [0.1, 0.15) is 5.15 Å². The number of hydrogen-bond acceptors (Lipinski definition) is 2. The van der Waals surface area contributed by atoms with Crippen LogP contribution in [0.25, 0.3) is 0 Å². The third-order valence-corrected chi connectivity index (χ3v) is 3.03. The topological polar surface area (TPSA) is 24.9 Å². The van der Waals surface area contributed by atoms with Gasteiger partial charge < -0.3 is 5.32 Å². The summed E-state index contributed by atoms with van der Waals surface area (Å²) in [6.07, 6.45) is 1.65. The highest BCUT2D eigenvalue weighted by molar-refractivity contribution is 9.10. The molecular formula is C11H7BrCl2N2. The zero-order valence-electron chi connectivity index (χ0n) is 8.05. The summed E-state index contributed by atoms with van der Waals surface area (Å²) in [6.45, 7) is 0. The van der Waals surface area contributed by atoms with Gasteiger partial charge in [-0.25, -0.2) is 4.98 Å². The number of rotatable bonds is 2. The van der Waals surface area contributed by atoms with Gasteiger partial charge in [-0.05, 0) is 46.3 Å². The van der Waals surface area contributed by atoms with E-state index in [-0.39, 0.29) is 0 Å². The molecule has 0 spiro atoms. The molecule has 16 heavy (non-hydrogen) atoms. The largest absolute Gasteiger partial charge is 0.354 e. The van der Waals surface area contributed by atoms with E-state index in [0.717, 1.165) is 15.8 Å². The average molecular weight is 318 g/mol. The van der Waals surface area contributed by atoms with E-state index in [9.17, 15) is 0 Å². The second-order valence-corrected chi connectivity index (χ2v) is 4.79. The van der Waals surface area contributed by atoms with E-state index in [1.165, 1.54) is 0 Å². The molecule has 0 fully saturated rings. The average Bonchev–Trinajstić information content (AvgIpc) is 2.22. The fourth-order valence-corrected chi connectivity index (χ4v) is 2.18. The summed E-state index contributed by atoms with van der Waals surface area (Å²) in [6, 6.07) is 9.13. The predicted molar refractivity (Wildman–Crippen MR) is 71.7 cm³/mol. The maximum atomic E-state index is 5.86. The lowest BCUT2D eigenvalue weighted by atomic mass is 10.3. The van der Waals surface area contributed by atoms with Crippen LogP contribution in [0.15, 0.2) is 41.0 Å². The van der Waals surface area contributed by atoms with Crippen LogP contribution in [0.5, 0.6) is 0 Å². The summed E-state index contributed by atoms with van der Waals surface area (Å²) in [5.41, 5.74) is 1.80. The summed E-state index contributed by atoms with van der Waals surface area (Å²) in [7, 11) is 0. The van der Waals surface area contributed by atoms with Crippen molar-refractivity contribution in [3.63, 3.8) is 0 Å². The molecule has 0 unspecified atom stereocenters. The molecule has 2 aromatic rings. The van der Waals surface area contributed by atoms with E-state index < -0.39 is 0 Å². The first-order chi connectivity index (χ1) is 7.65. The van der Waals surface area contributed by atoms with Crippen LogP contribution in [0.2, 0.25) is 10.2 Å². The number of nitrogens with one attached hydrogen (secondary N) is 1. The van der Waals surface area contributed by atoms with E-state index in [1.807, 2.05) is 24.3 Å². The van der Waals surface area contributed by atoms with Crippen LogP contribution < -0.4 is 5.32 Å². The number of anilines is 2. The fraction of sp³-hybridized carbons (Fsp3) is 0. The van der Waals surface area contributed by atoms with Crippen molar-refractivity contribution in [2.45, 2.75) is 0 Å². The highest BCUT2D eigenvalue weighted by Crippen LogP contribution is 2.28. The van der Waals surface area contributed by atoms with Crippen molar-refractivity contribution < 1.29 is 0 Å². The van der Waals surface area contributed by atoms with Gasteiger partial charge in [-0.15, -0.1) is 0 Å². The molecule has 2 nitrogen and oxygen atoms in total. The standard InChI is InChI=1S/C11H7BrCl2N2/c12-9-5-7(13)1-2-10(9)16-8-3-4-15-11(14)6-8/h1-6H,(H,15,16). The zero-order valence-corrected chi connectivity index (χ0v) is 11.1. The van der Waals surface area contributed by atoms with E-state index in [4.69, 9.17) is 23.2 Å². The van der Waals surface area contributed by atoms with Gasteiger partial charge >= 0.3 is 0 Å². The maximum Gasteiger partial charge on any atom is 0.131 e. The number of pyridine rings is 1. The first-order valence-corrected chi connectivity index (χ1v) is 6.04. The van der Waals surface area contributed by atoms with E-state index in [0.29, 0.717) is 10.2 Å². The summed E-state index contributed by atoms with van der Waals surface area (Å²) >= 11 is 15.1. The Bertz CT molecular complexity index is 517. The Kier molecular flexibility index (Phi) is 3.69. The minimum atomic E-state index is 0.454. The Morgan fingerprint density at radius 2 is 1.94 bits per heavy atom. The summed E-state index contributed by atoms with van der Waals surface area (Å²) in [4.78, 5) is 3.91. The molecule has 0 radical (unpaired) electrons. The highest BCUT2D eigenvalue weighted by atomic mass is 79.9. The molecule has 1 heterocycles. The summed E-state index contributed by atoms with van der Waals surface area (Å²) < 4.78 is 0.896. The van der Waals surface area contributed by atoms with Crippen molar-refractivity contribution >= 4 is 50.5 Å². The normalized spacial score (nSPS) is 10.2. The van der Waals surface area contributed by atoms with Crippen LogP contribution in [0.1, 0.15) is 0 Å². The zero-order chi connectivity index (χ0) is 11.5. The van der Waals surface area contributed by atoms with Crippen molar-refractivity contribution in [1.82, 2.24) is 4.98 Å². The highest BCUT2D eigenvalue weighted by Gasteiger charge is 2.01. The van der Waals surface area contributed by atoms with Crippen molar-refractivity contribution in [2.75, 3.05) is 5.32 Å². The van der Waals surface area contributed by atoms with E-state index in [2.05, 4.69) is 26.2 Å². The number of aromatic nitrogens is 1. The van der Waals surface area contributed by atoms with Crippen LogP contribution in [-0.2, 0) is 0 Å². The molecule has 2 rings (SSSR count). The minimum Gasteiger partial charge on any atom is -0.354 e. The monoisotopic (exact) mass is 316 g/mol. The van der Waals surface area contributed by atoms with Crippen LogP contribution in [0, 0.1) is 0 Å². The molecule has 1 aromatic heterocycles. The molecule has 0 amide bonds. The molecule has 5 heteroatoms. The number of nitrogens with zero attached hydrogens (tertiary/aromatic N) is 1. The lowest BCUT2D eigenvalue weighted by molar-refractivity contribution is 1.32. The van der Waals surface area contributed by atoms with Gasteiger partial charge in [-0.1, -0.05) is 23.2 Å². The van der Waals surface area contributed by atoms with Gasteiger partial charge in [0.15, 0.2) is 0 Å².